The number of anilines is 1. The zero-order valence-electron chi connectivity index (χ0n) is 25.1. The minimum atomic E-state index is -4.12. The number of carbonyl (C=O) groups excluding carboxylic acids is 2. The fourth-order valence-corrected chi connectivity index (χ4v) is 6.40. The molecule has 4 rings (SSSR count). The Bertz CT molecular complexity index is 1640. The molecular formula is C35H39N3O4S. The van der Waals surface area contributed by atoms with Crippen molar-refractivity contribution in [3.8, 4) is 0 Å². The van der Waals surface area contributed by atoms with Crippen molar-refractivity contribution in [3.63, 3.8) is 0 Å². The molecule has 7 nitrogen and oxygen atoms in total. The Morgan fingerprint density at radius 1 is 0.744 bits per heavy atom. The maximum Gasteiger partial charge on any atom is 0.264 e. The Balaban J connectivity index is 1.80. The summed E-state index contributed by atoms with van der Waals surface area (Å²) in [6, 6.07) is 31.4. The van der Waals surface area contributed by atoms with Gasteiger partial charge in [0.15, 0.2) is 0 Å². The van der Waals surface area contributed by atoms with Gasteiger partial charge in [0, 0.05) is 19.0 Å². The monoisotopic (exact) mass is 597 g/mol. The van der Waals surface area contributed by atoms with Crippen LogP contribution in [0, 0.1) is 13.8 Å². The molecule has 8 heteroatoms. The number of carbonyl (C=O) groups is 2. The molecule has 1 unspecified atom stereocenters. The van der Waals surface area contributed by atoms with Crippen molar-refractivity contribution in [1.29, 1.82) is 0 Å². The molecule has 0 aliphatic heterocycles. The zero-order valence-corrected chi connectivity index (χ0v) is 25.9. The first-order valence-corrected chi connectivity index (χ1v) is 15.8. The Morgan fingerprint density at radius 2 is 1.33 bits per heavy atom. The van der Waals surface area contributed by atoms with Gasteiger partial charge in [-0.25, -0.2) is 8.42 Å². The lowest BCUT2D eigenvalue weighted by Crippen LogP contribution is -2.54. The fraction of sp³-hybridized carbons (Fsp3) is 0.257. The van der Waals surface area contributed by atoms with Crippen molar-refractivity contribution in [3.05, 3.63) is 131 Å². The minimum Gasteiger partial charge on any atom is -0.352 e. The van der Waals surface area contributed by atoms with E-state index in [9.17, 15) is 18.0 Å². The second kappa shape index (κ2) is 14.2. The standard InChI is InChI=1S/C35H39N3O4S/c1-26(2)36-35(40)33(23-29-15-7-5-8-16-29)37(24-30-17-11-13-27(3)21-30)34(39)25-38(31-18-12-14-28(4)22-31)43(41,42)32-19-9-6-10-20-32/h5-22,26,33H,23-25H2,1-4H3,(H,36,40). The van der Waals surface area contributed by atoms with Crippen molar-refractivity contribution < 1.29 is 18.0 Å². The highest BCUT2D eigenvalue weighted by Crippen LogP contribution is 2.26. The predicted octanol–water partition coefficient (Wildman–Crippen LogP) is 5.66. The summed E-state index contributed by atoms with van der Waals surface area (Å²) >= 11 is 0. The summed E-state index contributed by atoms with van der Waals surface area (Å²) in [4.78, 5) is 29.8. The molecule has 1 atom stereocenters. The van der Waals surface area contributed by atoms with E-state index in [-0.39, 0.29) is 29.8 Å². The van der Waals surface area contributed by atoms with E-state index in [2.05, 4.69) is 5.32 Å². The number of nitrogens with one attached hydrogen (secondary N) is 1. The topological polar surface area (TPSA) is 86.8 Å². The van der Waals surface area contributed by atoms with Crippen LogP contribution < -0.4 is 9.62 Å². The first-order valence-electron chi connectivity index (χ1n) is 14.4. The summed E-state index contributed by atoms with van der Waals surface area (Å²) in [7, 11) is -4.12. The number of hydrogen-bond acceptors (Lipinski definition) is 4. The van der Waals surface area contributed by atoms with Gasteiger partial charge >= 0.3 is 0 Å². The fourth-order valence-electron chi connectivity index (χ4n) is 4.97. The molecule has 0 radical (unpaired) electrons. The van der Waals surface area contributed by atoms with Crippen LogP contribution in [0.2, 0.25) is 0 Å². The van der Waals surface area contributed by atoms with Gasteiger partial charge in [0.2, 0.25) is 11.8 Å². The third-order valence-electron chi connectivity index (χ3n) is 7.04. The molecule has 0 heterocycles. The first kappa shape index (κ1) is 31.5. The number of rotatable bonds is 12. The number of nitrogens with zero attached hydrogens (tertiary/aromatic N) is 2. The van der Waals surface area contributed by atoms with Gasteiger partial charge in [0.05, 0.1) is 10.6 Å². The minimum absolute atomic E-state index is 0.0768. The van der Waals surface area contributed by atoms with E-state index in [1.807, 2.05) is 88.4 Å². The largest absolute Gasteiger partial charge is 0.352 e. The highest BCUT2D eigenvalue weighted by Gasteiger charge is 2.34. The van der Waals surface area contributed by atoms with Crippen molar-refractivity contribution in [2.75, 3.05) is 10.8 Å². The molecule has 4 aromatic rings. The second-order valence-corrected chi connectivity index (χ2v) is 12.9. The number of benzene rings is 4. The second-order valence-electron chi connectivity index (χ2n) is 11.0. The average molecular weight is 598 g/mol. The van der Waals surface area contributed by atoms with Gasteiger partial charge in [-0.1, -0.05) is 90.5 Å². The molecule has 0 saturated heterocycles. The van der Waals surface area contributed by atoms with Crippen molar-refractivity contribution in [2.24, 2.45) is 0 Å². The van der Waals surface area contributed by atoms with Crippen molar-refractivity contribution in [1.82, 2.24) is 10.2 Å². The van der Waals surface area contributed by atoms with Crippen molar-refractivity contribution >= 4 is 27.5 Å². The molecule has 0 aromatic heterocycles. The van der Waals surface area contributed by atoms with Crippen LogP contribution in [0.1, 0.15) is 36.1 Å². The third-order valence-corrected chi connectivity index (χ3v) is 8.83. The van der Waals surface area contributed by atoms with Gasteiger partial charge in [-0.05, 0) is 68.7 Å². The van der Waals surface area contributed by atoms with Gasteiger partial charge < -0.3 is 10.2 Å². The van der Waals surface area contributed by atoms with Crippen molar-refractivity contribution in [2.45, 2.75) is 57.6 Å². The lowest BCUT2D eigenvalue weighted by molar-refractivity contribution is -0.140. The van der Waals surface area contributed by atoms with E-state index in [4.69, 9.17) is 0 Å². The molecule has 0 fully saturated rings. The van der Waals surface area contributed by atoms with E-state index in [1.165, 1.54) is 17.0 Å². The summed E-state index contributed by atoms with van der Waals surface area (Å²) in [6.45, 7) is 7.23. The van der Waals surface area contributed by atoms with E-state index >= 15 is 0 Å². The molecule has 0 aliphatic rings. The Morgan fingerprint density at radius 3 is 1.93 bits per heavy atom. The van der Waals surface area contributed by atoms with Gasteiger partial charge in [0.25, 0.3) is 10.0 Å². The predicted molar refractivity (Wildman–Crippen MR) is 171 cm³/mol. The summed E-state index contributed by atoms with van der Waals surface area (Å²) in [5.74, 6) is -0.782. The Hall–Kier alpha value is -4.43. The van der Waals surface area contributed by atoms with Crippen LogP contribution in [0.4, 0.5) is 5.69 Å². The van der Waals surface area contributed by atoms with Gasteiger partial charge in [0.1, 0.15) is 12.6 Å². The summed E-state index contributed by atoms with van der Waals surface area (Å²) < 4.78 is 29.2. The molecule has 1 N–H and O–H groups in total. The quantitative estimate of drug-likeness (QED) is 0.228. The van der Waals surface area contributed by atoms with Crippen LogP contribution in [0.5, 0.6) is 0 Å². The van der Waals surface area contributed by atoms with Crippen LogP contribution in [-0.2, 0) is 32.6 Å². The maximum absolute atomic E-state index is 14.4. The molecule has 224 valence electrons. The normalized spacial score (nSPS) is 12.0. The zero-order chi connectivity index (χ0) is 31.0. The summed E-state index contributed by atoms with van der Waals surface area (Å²) in [6.07, 6.45) is 0.271. The molecule has 4 aromatic carbocycles. The molecule has 0 spiro atoms. The molecule has 0 bridgehead atoms. The number of hydrogen-bond donors (Lipinski definition) is 1. The SMILES string of the molecule is Cc1cccc(CN(C(=O)CN(c2cccc(C)c2)S(=O)(=O)c2ccccc2)C(Cc2ccccc2)C(=O)NC(C)C)c1. The molecule has 0 aliphatic carbocycles. The lowest BCUT2D eigenvalue weighted by atomic mass is 10.0. The number of sulfonamides is 1. The van der Waals surface area contributed by atoms with Crippen LogP contribution in [0.3, 0.4) is 0 Å². The molecule has 43 heavy (non-hydrogen) atoms. The van der Waals surface area contributed by atoms with Gasteiger partial charge in [-0.3, -0.25) is 13.9 Å². The highest BCUT2D eigenvalue weighted by atomic mass is 32.2. The van der Waals surface area contributed by atoms with Crippen LogP contribution in [0.15, 0.2) is 114 Å². The third kappa shape index (κ3) is 8.32. The Kier molecular flexibility index (Phi) is 10.4. The molecular weight excluding hydrogens is 558 g/mol. The van der Waals surface area contributed by atoms with Gasteiger partial charge in [-0.15, -0.1) is 0 Å². The first-order chi connectivity index (χ1) is 20.5. The highest BCUT2D eigenvalue weighted by molar-refractivity contribution is 7.92. The molecule has 2 amide bonds. The lowest BCUT2D eigenvalue weighted by Gasteiger charge is -2.34. The number of aryl methyl sites for hydroxylation is 2. The van der Waals surface area contributed by atoms with E-state index in [0.717, 1.165) is 26.6 Å². The number of amides is 2. The van der Waals surface area contributed by atoms with E-state index < -0.39 is 28.5 Å². The summed E-state index contributed by atoms with van der Waals surface area (Å²) in [5, 5.41) is 2.98. The Labute approximate surface area is 255 Å². The van der Waals surface area contributed by atoms with Crippen LogP contribution in [-0.4, -0.2) is 43.8 Å². The van der Waals surface area contributed by atoms with Gasteiger partial charge in [-0.2, -0.15) is 0 Å². The molecule has 0 saturated carbocycles. The summed E-state index contributed by atoms with van der Waals surface area (Å²) in [5.41, 5.74) is 3.98. The average Bonchev–Trinajstić information content (AvgIpc) is 2.98. The smallest absolute Gasteiger partial charge is 0.264 e. The maximum atomic E-state index is 14.4. The van der Waals surface area contributed by atoms with Crippen LogP contribution >= 0.6 is 0 Å². The van der Waals surface area contributed by atoms with Crippen LogP contribution in [0.25, 0.3) is 0 Å². The van der Waals surface area contributed by atoms with E-state index in [0.29, 0.717) is 5.69 Å². The van der Waals surface area contributed by atoms with E-state index in [1.54, 1.807) is 36.4 Å².